The van der Waals surface area contributed by atoms with E-state index in [2.05, 4.69) is 5.32 Å². The van der Waals surface area contributed by atoms with Crippen LogP contribution >= 0.6 is 22.6 Å². The Morgan fingerprint density at radius 3 is 2.56 bits per heavy atom. The highest BCUT2D eigenvalue weighted by Crippen LogP contribution is 2.20. The molecule has 0 bridgehead atoms. The monoisotopic (exact) mass is 463 g/mol. The zero-order valence-electron chi connectivity index (χ0n) is 14.7. The molecule has 0 amide bonds. The Kier molecular flexibility index (Phi) is 8.01. The summed E-state index contributed by atoms with van der Waals surface area (Å²) < 4.78 is 19.6. The highest BCUT2D eigenvalue weighted by atomic mass is 127. The molecule has 0 fully saturated rings. The van der Waals surface area contributed by atoms with Crippen LogP contribution in [0.5, 0.6) is 0 Å². The summed E-state index contributed by atoms with van der Waals surface area (Å²) in [6, 6.07) is 3.68. The largest absolute Gasteiger partial charge is 0.462 e. The van der Waals surface area contributed by atoms with E-state index >= 15 is 0 Å². The number of hydrogen-bond acceptors (Lipinski definition) is 5. The van der Waals surface area contributed by atoms with Crippen molar-refractivity contribution in [2.75, 3.05) is 13.2 Å². The minimum absolute atomic E-state index is 0.0843. The number of aliphatic hydroxyl groups is 1. The number of hydrogen-bond donors (Lipinski definition) is 2. The van der Waals surface area contributed by atoms with Crippen LogP contribution < -0.4 is 5.32 Å². The smallest absolute Gasteiger partial charge is 0.343 e. The fourth-order valence-electron chi connectivity index (χ4n) is 2.00. The average molecular weight is 463 g/mol. The summed E-state index contributed by atoms with van der Waals surface area (Å²) in [6.45, 7) is 7.22. The Hall–Kier alpha value is -1.48. The van der Waals surface area contributed by atoms with Gasteiger partial charge in [-0.05, 0) is 53.1 Å². The molecule has 7 heteroatoms. The minimum Gasteiger partial charge on any atom is -0.462 e. The van der Waals surface area contributed by atoms with Crippen LogP contribution in [0.25, 0.3) is 0 Å². The van der Waals surface area contributed by atoms with E-state index in [-0.39, 0.29) is 29.8 Å². The van der Waals surface area contributed by atoms with Crippen molar-refractivity contribution < 1.29 is 23.8 Å². The number of carbonyl (C=O) groups excluding carboxylic acids is 2. The van der Waals surface area contributed by atoms with Gasteiger partial charge in [0.15, 0.2) is 0 Å². The topological polar surface area (TPSA) is 75.6 Å². The minimum atomic E-state index is -0.844. The van der Waals surface area contributed by atoms with Crippen molar-refractivity contribution in [2.45, 2.75) is 33.7 Å². The van der Waals surface area contributed by atoms with Crippen molar-refractivity contribution in [2.24, 2.45) is 5.41 Å². The Balaban J connectivity index is 3.24. The number of halogens is 2. The molecule has 0 aliphatic heterocycles. The lowest BCUT2D eigenvalue weighted by atomic mass is 9.87. The molecule has 0 spiro atoms. The van der Waals surface area contributed by atoms with Gasteiger partial charge in [0.25, 0.3) is 0 Å². The lowest BCUT2D eigenvalue weighted by Crippen LogP contribution is -2.41. The van der Waals surface area contributed by atoms with Gasteiger partial charge in [-0.2, -0.15) is 0 Å². The van der Waals surface area contributed by atoms with Gasteiger partial charge in [0.1, 0.15) is 11.4 Å². The summed E-state index contributed by atoms with van der Waals surface area (Å²) in [6.07, 6.45) is 1.20. The maximum absolute atomic E-state index is 14.0. The van der Waals surface area contributed by atoms with E-state index in [1.54, 1.807) is 6.92 Å². The van der Waals surface area contributed by atoms with E-state index < -0.39 is 23.6 Å². The number of nitrogens with one attached hydrogen (secondary N) is 1. The summed E-state index contributed by atoms with van der Waals surface area (Å²) in [5.74, 6) is -2.33. The number of aliphatic hydroxyl groups excluding tert-OH is 1. The van der Waals surface area contributed by atoms with Gasteiger partial charge in [0, 0.05) is 9.77 Å². The SMILES string of the molecule is CCOC(=O)C(=CN[C@H](CO)C(C)(C)C)C(=O)c1cc(I)ccc1F. The van der Waals surface area contributed by atoms with E-state index in [0.29, 0.717) is 3.57 Å². The number of esters is 1. The van der Waals surface area contributed by atoms with E-state index in [1.807, 2.05) is 43.4 Å². The average Bonchev–Trinajstić information content (AvgIpc) is 2.52. The molecule has 0 heterocycles. The molecule has 1 aromatic rings. The van der Waals surface area contributed by atoms with Gasteiger partial charge in [0.2, 0.25) is 5.78 Å². The van der Waals surface area contributed by atoms with E-state index in [4.69, 9.17) is 4.74 Å². The Morgan fingerprint density at radius 2 is 2.04 bits per heavy atom. The van der Waals surface area contributed by atoms with Crippen LogP contribution in [0.15, 0.2) is 30.0 Å². The lowest BCUT2D eigenvalue weighted by molar-refractivity contribution is -0.138. The fourth-order valence-corrected chi connectivity index (χ4v) is 2.49. The number of Topliss-reactive ketones (excluding diaryl/α,β-unsaturated/α-hetero) is 1. The van der Waals surface area contributed by atoms with E-state index in [1.165, 1.54) is 24.4 Å². The van der Waals surface area contributed by atoms with Crippen LogP contribution in [0, 0.1) is 14.8 Å². The predicted molar refractivity (Wildman–Crippen MR) is 102 cm³/mol. The second-order valence-electron chi connectivity index (χ2n) is 6.50. The fraction of sp³-hybridized carbons (Fsp3) is 0.444. The number of ketones is 1. The van der Waals surface area contributed by atoms with Crippen molar-refractivity contribution in [3.05, 3.63) is 44.9 Å². The molecule has 5 nitrogen and oxygen atoms in total. The quantitative estimate of drug-likeness (QED) is 0.162. The molecule has 1 aromatic carbocycles. The van der Waals surface area contributed by atoms with Crippen molar-refractivity contribution in [3.63, 3.8) is 0 Å². The molecule has 0 radical (unpaired) electrons. The second kappa shape index (κ2) is 9.28. The molecule has 25 heavy (non-hydrogen) atoms. The molecule has 138 valence electrons. The third-order valence-corrected chi connectivity index (χ3v) is 4.24. The van der Waals surface area contributed by atoms with Crippen LogP contribution in [-0.4, -0.2) is 36.1 Å². The van der Waals surface area contributed by atoms with Crippen molar-refractivity contribution in [1.82, 2.24) is 5.32 Å². The Labute approximate surface area is 160 Å². The molecule has 1 atom stereocenters. The van der Waals surface area contributed by atoms with Gasteiger partial charge in [-0.15, -0.1) is 0 Å². The molecule has 1 rings (SSSR count). The van der Waals surface area contributed by atoms with Gasteiger partial charge >= 0.3 is 5.97 Å². The zero-order valence-corrected chi connectivity index (χ0v) is 16.9. The number of rotatable bonds is 7. The van der Waals surface area contributed by atoms with Crippen LogP contribution in [0.3, 0.4) is 0 Å². The first kappa shape index (κ1) is 21.6. The number of benzene rings is 1. The molecule has 2 N–H and O–H groups in total. The Bertz CT molecular complexity index is 668. The number of carbonyl (C=O) groups is 2. The van der Waals surface area contributed by atoms with Crippen molar-refractivity contribution in [3.8, 4) is 0 Å². The second-order valence-corrected chi connectivity index (χ2v) is 7.75. The first-order valence-electron chi connectivity index (χ1n) is 7.85. The van der Waals surface area contributed by atoms with Gasteiger partial charge in [-0.3, -0.25) is 4.79 Å². The Morgan fingerprint density at radius 1 is 1.40 bits per heavy atom. The highest BCUT2D eigenvalue weighted by Gasteiger charge is 2.27. The molecule has 0 aromatic heterocycles. The standard InChI is InChI=1S/C18H23FINO4/c1-5-25-17(24)13(9-21-15(10-22)18(2,3)4)16(23)12-8-11(20)6-7-14(12)19/h6-9,15,21-22H,5,10H2,1-4H3/t15-/m1/s1. The normalized spacial score (nSPS) is 13.3. The van der Waals surface area contributed by atoms with Crippen LogP contribution in [0.1, 0.15) is 38.1 Å². The third kappa shape index (κ3) is 6.07. The summed E-state index contributed by atoms with van der Waals surface area (Å²) in [4.78, 5) is 24.8. The third-order valence-electron chi connectivity index (χ3n) is 3.57. The maximum Gasteiger partial charge on any atom is 0.343 e. The number of ether oxygens (including phenoxy) is 1. The van der Waals surface area contributed by atoms with E-state index in [9.17, 15) is 19.1 Å². The van der Waals surface area contributed by atoms with Crippen molar-refractivity contribution >= 4 is 34.3 Å². The molecular weight excluding hydrogens is 440 g/mol. The maximum atomic E-state index is 14.0. The van der Waals surface area contributed by atoms with Gasteiger partial charge in [-0.25, -0.2) is 9.18 Å². The highest BCUT2D eigenvalue weighted by molar-refractivity contribution is 14.1. The van der Waals surface area contributed by atoms with Crippen molar-refractivity contribution in [1.29, 1.82) is 0 Å². The van der Waals surface area contributed by atoms with Gasteiger partial charge in [0.05, 0.1) is 24.8 Å². The predicted octanol–water partition coefficient (Wildman–Crippen LogP) is 3.06. The summed E-state index contributed by atoms with van der Waals surface area (Å²) >= 11 is 1.96. The van der Waals surface area contributed by atoms with Gasteiger partial charge in [-0.1, -0.05) is 20.8 Å². The van der Waals surface area contributed by atoms with E-state index in [0.717, 1.165) is 0 Å². The molecule has 0 unspecified atom stereocenters. The first-order valence-corrected chi connectivity index (χ1v) is 8.93. The summed E-state index contributed by atoms with van der Waals surface area (Å²) in [5.41, 5.74) is -0.837. The molecule has 0 aliphatic carbocycles. The zero-order chi connectivity index (χ0) is 19.2. The first-order chi connectivity index (χ1) is 11.6. The molecule has 0 saturated heterocycles. The molecule has 0 aliphatic rings. The van der Waals surface area contributed by atoms with Crippen LogP contribution in [-0.2, 0) is 9.53 Å². The summed E-state index contributed by atoms with van der Waals surface area (Å²) in [7, 11) is 0. The summed E-state index contributed by atoms with van der Waals surface area (Å²) in [5, 5.41) is 12.4. The van der Waals surface area contributed by atoms with Crippen LogP contribution in [0.2, 0.25) is 0 Å². The molecule has 0 saturated carbocycles. The molecular formula is C18H23FINO4. The lowest BCUT2D eigenvalue weighted by Gasteiger charge is -2.29. The van der Waals surface area contributed by atoms with Crippen LogP contribution in [0.4, 0.5) is 4.39 Å². The van der Waals surface area contributed by atoms with Gasteiger partial charge < -0.3 is 15.2 Å².